The fourth-order valence-electron chi connectivity index (χ4n) is 2.41. The SMILES string of the molecule is CC1(CNS(=O)(=O)c2cc(Br)ccc2[N+](=O)[O-])CCNCC1. The Hall–Kier alpha value is -1.03. The molecule has 0 amide bonds. The van der Waals surface area contributed by atoms with E-state index in [1.807, 2.05) is 6.92 Å². The molecule has 1 aromatic carbocycles. The highest BCUT2D eigenvalue weighted by Crippen LogP contribution is 2.30. The van der Waals surface area contributed by atoms with Gasteiger partial charge in [-0.2, -0.15) is 0 Å². The highest BCUT2D eigenvalue weighted by Gasteiger charge is 2.31. The first-order valence-electron chi connectivity index (χ1n) is 6.88. The predicted molar refractivity (Wildman–Crippen MR) is 86.2 cm³/mol. The molecular formula is C13H18BrN3O4S. The topological polar surface area (TPSA) is 101 Å². The highest BCUT2D eigenvalue weighted by molar-refractivity contribution is 9.10. The number of benzene rings is 1. The van der Waals surface area contributed by atoms with Gasteiger partial charge in [0.15, 0.2) is 4.90 Å². The fraction of sp³-hybridized carbons (Fsp3) is 0.538. The standard InChI is InChI=1S/C13H18BrN3O4S/c1-13(4-6-15-7-5-13)9-16-22(20,21)12-8-10(14)2-3-11(12)17(18)19/h2-3,8,15-16H,4-7,9H2,1H3. The van der Waals surface area contributed by atoms with Gasteiger partial charge in [-0.15, -0.1) is 0 Å². The van der Waals surface area contributed by atoms with Crippen molar-refractivity contribution in [1.29, 1.82) is 0 Å². The van der Waals surface area contributed by atoms with Crippen LogP contribution in [-0.4, -0.2) is 33.0 Å². The number of piperidine rings is 1. The Balaban J connectivity index is 2.23. The van der Waals surface area contributed by atoms with Gasteiger partial charge in [-0.1, -0.05) is 22.9 Å². The van der Waals surface area contributed by atoms with Crippen LogP contribution in [0.15, 0.2) is 27.6 Å². The van der Waals surface area contributed by atoms with Gasteiger partial charge in [0.2, 0.25) is 10.0 Å². The van der Waals surface area contributed by atoms with Crippen LogP contribution in [0.1, 0.15) is 19.8 Å². The monoisotopic (exact) mass is 391 g/mol. The van der Waals surface area contributed by atoms with Crippen molar-refractivity contribution >= 4 is 31.6 Å². The summed E-state index contributed by atoms with van der Waals surface area (Å²) >= 11 is 3.15. The largest absolute Gasteiger partial charge is 0.317 e. The molecule has 9 heteroatoms. The zero-order valence-electron chi connectivity index (χ0n) is 12.1. The second-order valence-corrected chi connectivity index (χ2v) is 8.41. The van der Waals surface area contributed by atoms with Crippen LogP contribution in [0.5, 0.6) is 0 Å². The summed E-state index contributed by atoms with van der Waals surface area (Å²) in [5, 5.41) is 14.3. The lowest BCUT2D eigenvalue weighted by atomic mass is 9.81. The summed E-state index contributed by atoms with van der Waals surface area (Å²) < 4.78 is 27.9. The van der Waals surface area contributed by atoms with E-state index in [0.29, 0.717) is 4.47 Å². The summed E-state index contributed by atoms with van der Waals surface area (Å²) in [6.07, 6.45) is 1.71. The van der Waals surface area contributed by atoms with Crippen molar-refractivity contribution < 1.29 is 13.3 Å². The first-order valence-corrected chi connectivity index (χ1v) is 9.15. The van der Waals surface area contributed by atoms with Crippen LogP contribution in [0.25, 0.3) is 0 Å². The van der Waals surface area contributed by atoms with Crippen LogP contribution >= 0.6 is 15.9 Å². The molecule has 1 aliphatic rings. The van der Waals surface area contributed by atoms with Gasteiger partial charge in [-0.25, -0.2) is 13.1 Å². The second kappa shape index (κ2) is 6.61. The molecule has 0 atom stereocenters. The van der Waals surface area contributed by atoms with E-state index in [0.717, 1.165) is 25.9 Å². The second-order valence-electron chi connectivity index (χ2n) is 5.75. The number of sulfonamides is 1. The van der Waals surface area contributed by atoms with E-state index in [9.17, 15) is 18.5 Å². The van der Waals surface area contributed by atoms with Gasteiger partial charge in [0.25, 0.3) is 5.69 Å². The molecule has 1 aliphatic heterocycles. The van der Waals surface area contributed by atoms with E-state index in [-0.39, 0.29) is 16.9 Å². The van der Waals surface area contributed by atoms with Crippen LogP contribution in [0.3, 0.4) is 0 Å². The highest BCUT2D eigenvalue weighted by atomic mass is 79.9. The average molecular weight is 392 g/mol. The Kier molecular flexibility index (Phi) is 5.21. The summed E-state index contributed by atoms with van der Waals surface area (Å²) in [7, 11) is -3.94. The molecule has 122 valence electrons. The Labute approximate surface area is 137 Å². The molecule has 2 rings (SSSR count). The predicted octanol–water partition coefficient (Wildman–Crippen LogP) is 2.03. The third-order valence-electron chi connectivity index (χ3n) is 3.91. The molecule has 1 heterocycles. The van der Waals surface area contributed by atoms with Crippen molar-refractivity contribution in [1.82, 2.24) is 10.0 Å². The summed E-state index contributed by atoms with van der Waals surface area (Å²) in [5.74, 6) is 0. The van der Waals surface area contributed by atoms with Gasteiger partial charge in [0.05, 0.1) is 4.92 Å². The van der Waals surface area contributed by atoms with Crippen molar-refractivity contribution in [3.63, 3.8) is 0 Å². The molecule has 0 radical (unpaired) electrons. The lowest BCUT2D eigenvalue weighted by Gasteiger charge is -2.34. The van der Waals surface area contributed by atoms with E-state index in [4.69, 9.17) is 0 Å². The first-order chi connectivity index (χ1) is 10.2. The van der Waals surface area contributed by atoms with Crippen molar-refractivity contribution in [3.8, 4) is 0 Å². The minimum Gasteiger partial charge on any atom is -0.317 e. The van der Waals surface area contributed by atoms with E-state index >= 15 is 0 Å². The normalized spacial score (nSPS) is 18.1. The van der Waals surface area contributed by atoms with Crippen LogP contribution in [0, 0.1) is 15.5 Å². The van der Waals surface area contributed by atoms with E-state index < -0.39 is 20.6 Å². The third-order valence-corrected chi connectivity index (χ3v) is 5.83. The number of nitrogens with zero attached hydrogens (tertiary/aromatic N) is 1. The molecule has 0 bridgehead atoms. The van der Waals surface area contributed by atoms with Gasteiger partial charge >= 0.3 is 0 Å². The third kappa shape index (κ3) is 4.03. The quantitative estimate of drug-likeness (QED) is 0.590. The average Bonchev–Trinajstić information content (AvgIpc) is 2.46. The number of nitro benzene ring substituents is 1. The van der Waals surface area contributed by atoms with Crippen molar-refractivity contribution in [2.75, 3.05) is 19.6 Å². The Morgan fingerprint density at radius 3 is 2.64 bits per heavy atom. The van der Waals surface area contributed by atoms with Crippen molar-refractivity contribution in [3.05, 3.63) is 32.8 Å². The van der Waals surface area contributed by atoms with Gasteiger partial charge in [-0.3, -0.25) is 10.1 Å². The molecule has 1 aromatic rings. The number of nitro groups is 1. The number of rotatable bonds is 5. The summed E-state index contributed by atoms with van der Waals surface area (Å²) in [6.45, 7) is 3.97. The van der Waals surface area contributed by atoms with E-state index in [1.54, 1.807) is 0 Å². The Morgan fingerprint density at radius 2 is 2.05 bits per heavy atom. The molecule has 0 aliphatic carbocycles. The fourth-order valence-corrected chi connectivity index (χ4v) is 4.31. The van der Waals surface area contributed by atoms with Gasteiger partial charge in [0, 0.05) is 17.1 Å². The minimum atomic E-state index is -3.94. The zero-order chi connectivity index (χ0) is 16.4. The number of nitrogens with one attached hydrogen (secondary N) is 2. The number of hydrogen-bond acceptors (Lipinski definition) is 5. The summed E-state index contributed by atoms with van der Waals surface area (Å²) in [6, 6.07) is 3.89. The molecular weight excluding hydrogens is 374 g/mol. The lowest BCUT2D eigenvalue weighted by molar-refractivity contribution is -0.387. The van der Waals surface area contributed by atoms with Gasteiger partial charge < -0.3 is 5.32 Å². The smallest absolute Gasteiger partial charge is 0.289 e. The molecule has 1 saturated heterocycles. The van der Waals surface area contributed by atoms with Gasteiger partial charge in [-0.05, 0) is 43.5 Å². The molecule has 0 spiro atoms. The Morgan fingerprint density at radius 1 is 1.41 bits per heavy atom. The summed E-state index contributed by atoms with van der Waals surface area (Å²) in [5.41, 5.74) is -0.565. The molecule has 0 unspecified atom stereocenters. The molecule has 0 saturated carbocycles. The molecule has 0 aromatic heterocycles. The van der Waals surface area contributed by atoms with E-state index in [2.05, 4.69) is 26.0 Å². The van der Waals surface area contributed by atoms with Crippen LogP contribution in [-0.2, 0) is 10.0 Å². The maximum absolute atomic E-state index is 12.4. The molecule has 2 N–H and O–H groups in total. The summed E-state index contributed by atoms with van der Waals surface area (Å²) in [4.78, 5) is 10.0. The maximum atomic E-state index is 12.4. The lowest BCUT2D eigenvalue weighted by Crippen LogP contribution is -2.42. The van der Waals surface area contributed by atoms with Crippen LogP contribution in [0.4, 0.5) is 5.69 Å². The molecule has 22 heavy (non-hydrogen) atoms. The van der Waals surface area contributed by atoms with Gasteiger partial charge in [0.1, 0.15) is 0 Å². The number of hydrogen-bond donors (Lipinski definition) is 2. The van der Waals surface area contributed by atoms with E-state index in [1.165, 1.54) is 18.2 Å². The molecule has 1 fully saturated rings. The Bertz CT molecular complexity index is 672. The minimum absolute atomic E-state index is 0.140. The molecule has 7 nitrogen and oxygen atoms in total. The maximum Gasteiger partial charge on any atom is 0.289 e. The first kappa shape index (κ1) is 17.3. The zero-order valence-corrected chi connectivity index (χ0v) is 14.5. The van der Waals surface area contributed by atoms with Crippen molar-refractivity contribution in [2.24, 2.45) is 5.41 Å². The van der Waals surface area contributed by atoms with Crippen molar-refractivity contribution in [2.45, 2.75) is 24.7 Å². The van der Waals surface area contributed by atoms with Crippen LogP contribution in [0.2, 0.25) is 0 Å². The van der Waals surface area contributed by atoms with Crippen LogP contribution < -0.4 is 10.0 Å². The number of halogens is 1.